The molecule has 0 aromatic heterocycles. The summed E-state index contributed by atoms with van der Waals surface area (Å²) in [7, 11) is 11.8. The first kappa shape index (κ1) is 103. The van der Waals surface area contributed by atoms with E-state index in [0.29, 0.717) is 6.42 Å². The number of likely N-dealkylation sites (N-methyl/N-ethyl adjacent to an activating group) is 2. The number of aliphatic carboxylic acids is 1. The average molecular weight is 1890 g/mol. The Morgan fingerprint density at radius 1 is 0.475 bits per heavy atom. The Morgan fingerprint density at radius 2 is 0.727 bits per heavy atom. The van der Waals surface area contributed by atoms with Crippen molar-refractivity contribution in [3.8, 4) is 0 Å². The molecule has 3 heterocycles. The first-order chi connectivity index (χ1) is 45.4. The quantitative estimate of drug-likeness (QED) is 0.0176. The Hall–Kier alpha value is -2.04. The summed E-state index contributed by atoms with van der Waals surface area (Å²) >= 11 is 16.8. The van der Waals surface area contributed by atoms with E-state index < -0.39 is 15.2 Å². The summed E-state index contributed by atoms with van der Waals surface area (Å²) in [6.45, 7) is 41.6. The van der Waals surface area contributed by atoms with E-state index in [4.69, 9.17) is 20.9 Å². The molecule has 7 rings (SSSR count). The van der Waals surface area contributed by atoms with E-state index in [-0.39, 0.29) is 98.4 Å². The second-order valence-electron chi connectivity index (χ2n) is 24.4. The minimum absolute atomic E-state index is 0. The third-order valence-electron chi connectivity index (χ3n) is 17.9. The molecule has 4 aromatic rings. The number of hydrogen-bond acceptors (Lipinski definition) is 8. The minimum Gasteiger partial charge on any atom is -1.00 e. The molecule has 3 saturated heterocycles. The fourth-order valence-electron chi connectivity index (χ4n) is 12.3. The van der Waals surface area contributed by atoms with Gasteiger partial charge < -0.3 is 64.8 Å². The number of nitrogens with one attached hydrogen (secondary N) is 4. The van der Waals surface area contributed by atoms with Crippen LogP contribution < -0.4 is 45.2 Å². The summed E-state index contributed by atoms with van der Waals surface area (Å²) in [4.78, 5) is 71.6. The monoisotopic (exact) mass is 1880 g/mol. The molecule has 0 saturated carbocycles. The fraction of sp³-hybridized carbons (Fsp3) is 0.589. The van der Waals surface area contributed by atoms with Crippen LogP contribution in [0, 0.1) is 55.4 Å². The summed E-state index contributed by atoms with van der Waals surface area (Å²) < 4.78 is 11.0. The minimum atomic E-state index is -1.67. The van der Waals surface area contributed by atoms with Crippen molar-refractivity contribution in [2.24, 2.45) is 0 Å². The molecular formula is C73H117AgBr3Cl4IN7O9S+. The maximum Gasteiger partial charge on any atom is -1.00 e. The molecule has 3 aliphatic rings. The number of likely N-dealkylation sites (tertiary alicyclic amines) is 3. The summed E-state index contributed by atoms with van der Waals surface area (Å²) in [5.74, 6) is -0.239. The number of anilines is 4. The van der Waals surface area contributed by atoms with Gasteiger partial charge in [-0.25, -0.2) is 4.21 Å². The molecule has 3 aliphatic heterocycles. The van der Waals surface area contributed by atoms with E-state index in [9.17, 15) is 28.8 Å². The molecule has 6 unspecified atom stereocenters. The zero-order valence-electron chi connectivity index (χ0n) is 60.4. The molecule has 99 heavy (non-hydrogen) atoms. The van der Waals surface area contributed by atoms with Gasteiger partial charge in [-0.2, -0.15) is 0 Å². The maximum atomic E-state index is 12.9. The molecule has 0 radical (unpaired) electrons. The van der Waals surface area contributed by atoms with Crippen LogP contribution in [0.1, 0.15) is 184 Å². The fourth-order valence-corrected chi connectivity index (χ4v) is 12.6. The third kappa shape index (κ3) is 36.2. The van der Waals surface area contributed by atoms with Gasteiger partial charge in [-0.15, -0.1) is 0 Å². The number of halogens is 8. The van der Waals surface area contributed by atoms with Gasteiger partial charge in [-0.05, 0) is 177 Å². The smallest absolute Gasteiger partial charge is 1.00 e. The predicted molar refractivity (Wildman–Crippen MR) is 424 cm³/mol. The topological polar surface area (TPSA) is 223 Å². The van der Waals surface area contributed by atoms with Crippen LogP contribution in [-0.4, -0.2) is 148 Å². The van der Waals surface area contributed by atoms with Crippen molar-refractivity contribution in [3.05, 3.63) is 117 Å². The second-order valence-corrected chi connectivity index (χ2v) is 30.6. The number of carbonyl (C=O) groups is 6. The van der Waals surface area contributed by atoms with E-state index in [1.165, 1.54) is 38.5 Å². The zero-order chi connectivity index (χ0) is 73.5. The zero-order valence-corrected chi connectivity index (χ0v) is 72.7. The van der Waals surface area contributed by atoms with Crippen molar-refractivity contribution in [2.75, 3.05) is 73.6 Å². The maximum absolute atomic E-state index is 12.9. The van der Waals surface area contributed by atoms with Crippen molar-refractivity contribution in [1.29, 1.82) is 0 Å². The molecule has 7 N–H and O–H groups in total. The third-order valence-corrected chi connectivity index (χ3v) is 21.6. The van der Waals surface area contributed by atoms with Gasteiger partial charge in [-0.3, -0.25) is 33.7 Å². The molecule has 4 aromatic carbocycles. The van der Waals surface area contributed by atoms with Crippen molar-refractivity contribution < 1.29 is 96.5 Å². The Bertz CT molecular complexity index is 2840. The Balaban J connectivity index is -0.000000553. The van der Waals surface area contributed by atoms with Crippen molar-refractivity contribution in [1.82, 2.24) is 4.90 Å². The normalized spacial score (nSPS) is 15.4. The van der Waals surface area contributed by atoms with Gasteiger partial charge in [0, 0.05) is 82.6 Å². The van der Waals surface area contributed by atoms with Crippen LogP contribution in [-0.2, 0) is 58.0 Å². The second kappa shape index (κ2) is 56.3. The number of nitrogens with zero attached hydrogens (tertiary/aromatic N) is 3. The van der Waals surface area contributed by atoms with Crippen LogP contribution >= 0.6 is 89.9 Å². The number of carbonyl (C=O) groups excluding carboxylic acids is 5. The van der Waals surface area contributed by atoms with Gasteiger partial charge in [0.15, 0.2) is 12.1 Å². The number of carboxylic acids is 1. The van der Waals surface area contributed by atoms with E-state index in [1.54, 1.807) is 0 Å². The largest absolute Gasteiger partial charge is 1.00 e. The molecule has 16 nitrogen and oxygen atoms in total. The number of amides is 4. The summed E-state index contributed by atoms with van der Waals surface area (Å²) in [6, 6.07) is 24.6. The van der Waals surface area contributed by atoms with Crippen LogP contribution in [0.4, 0.5) is 22.7 Å². The molecule has 0 aliphatic carbocycles. The number of alkyl halides is 3. The molecule has 0 bridgehead atoms. The first-order valence-corrected chi connectivity index (χ1v) is 41.3. The average Bonchev–Trinajstić information content (AvgIpc) is 1.74. The summed E-state index contributed by atoms with van der Waals surface area (Å²) in [6.07, 6.45) is 12.3. The van der Waals surface area contributed by atoms with Gasteiger partial charge in [0.05, 0.1) is 55.0 Å². The molecule has 6 atom stereocenters. The van der Waals surface area contributed by atoms with Crippen LogP contribution in [0.2, 0.25) is 0 Å². The van der Waals surface area contributed by atoms with Gasteiger partial charge in [0.2, 0.25) is 26.3 Å². The standard InChI is InChI=1S/2C18H28N2O.C16H24N2O.C12H16BrNO.C4H6BrClO.C4H7BrO2.CH4.Ag.Cl2OS.ClH.HI.H2O/c2*1-5-16(20(6-2)12-7-8-13-20)18(21)19-17-14(3)10-9-11-15(17)4;1-4-14(18-10-5-6-11-18)16(19)17-15-12(2)8-7-9-13(15)3;1-4-10(13)12(15)14-11-8(2)6-5-7-9(11)3;2*1-2-3(5)4(6)7;;;1-4(2)3;;;/h2*9-11,16H,5-8,12-13H2,1-4H3;7-9,14H,4-6,10-11H2,1-3H3,(H,17,19);5-7,10H,4H2,1-3H3,(H,14,15);3H,2H2,1H3;3H,2H2,1H3,(H,6,7);1H4;;;2*1H;1H2/q;;;;;;;+1;;;;. The van der Waals surface area contributed by atoms with Crippen LogP contribution in [0.25, 0.3) is 0 Å². The van der Waals surface area contributed by atoms with E-state index in [0.717, 1.165) is 161 Å². The van der Waals surface area contributed by atoms with Crippen LogP contribution in [0.15, 0.2) is 72.8 Å². The van der Waals surface area contributed by atoms with Crippen LogP contribution in [0.3, 0.4) is 0 Å². The van der Waals surface area contributed by atoms with Gasteiger partial charge in [-0.1, -0.05) is 170 Å². The van der Waals surface area contributed by atoms with E-state index in [2.05, 4.69) is 211 Å². The van der Waals surface area contributed by atoms with Gasteiger partial charge >= 0.3 is 35.1 Å². The van der Waals surface area contributed by atoms with Crippen molar-refractivity contribution in [3.63, 3.8) is 0 Å². The molecule has 4 amide bonds. The predicted octanol–water partition coefficient (Wildman–Crippen LogP) is 15.5. The molecule has 26 heteroatoms. The van der Waals surface area contributed by atoms with Crippen molar-refractivity contribution in [2.45, 2.75) is 228 Å². The number of carboxylic acid groups (broad SMARTS) is 1. The number of rotatable bonds is 21. The summed E-state index contributed by atoms with van der Waals surface area (Å²) in [5, 5.41) is 20.3. The van der Waals surface area contributed by atoms with Crippen molar-refractivity contribution >= 4 is 157 Å². The number of para-hydroxylation sites is 4. The number of aryl methyl sites for hydroxylation is 8. The molecular weight excluding hydrogens is 1770 g/mol. The summed E-state index contributed by atoms with van der Waals surface area (Å²) in [5.41, 5.74) is 12.9. The Labute approximate surface area is 670 Å². The van der Waals surface area contributed by atoms with E-state index >= 15 is 0 Å². The number of quaternary nitrogens is 2. The van der Waals surface area contributed by atoms with Gasteiger partial charge in [0.1, 0.15) is 4.83 Å². The number of hydrogen-bond donors (Lipinski definition) is 5. The number of benzene rings is 4. The van der Waals surface area contributed by atoms with Gasteiger partial charge in [0.25, 0.3) is 11.8 Å². The molecule has 3 fully saturated rings. The molecule has 570 valence electrons. The SMILES string of the molecule is C.CCC(Br)C(=O)Cl.CCC(Br)C(=O)Nc1c(C)cccc1C.CCC(Br)C(=O)O.CCC(C(=O)Nc1c(C)cccc1C)N1CCCC1.CCC(C(=O)Nc1c(C)cccc1C)[N+]1(CC)CCCC1.CCC(C(=O)Nc1c(C)cccc1C)[N+]1(CC)CCCC1.O.O=S(Cl)Cl.[Cl][Ag].[I-]. The van der Waals surface area contributed by atoms with E-state index in [1.807, 2.05) is 97.0 Å². The molecule has 0 spiro atoms. The Morgan fingerprint density at radius 3 is 0.919 bits per heavy atom. The Kier molecular flexibility index (Phi) is 58.8. The van der Waals surface area contributed by atoms with Crippen LogP contribution in [0.5, 0.6) is 0 Å². The first-order valence-electron chi connectivity index (χ1n) is 33.5.